The Balaban J connectivity index is 1.54. The van der Waals surface area contributed by atoms with E-state index in [0.29, 0.717) is 24.1 Å². The van der Waals surface area contributed by atoms with Gasteiger partial charge < -0.3 is 14.5 Å². The van der Waals surface area contributed by atoms with Gasteiger partial charge in [-0.1, -0.05) is 42.1 Å². The molecule has 1 aliphatic heterocycles. The topological polar surface area (TPSA) is 37.6 Å². The second-order valence-corrected chi connectivity index (χ2v) is 7.12. The van der Waals surface area contributed by atoms with Crippen LogP contribution >= 0.6 is 11.8 Å². The number of halogens is 2. The van der Waals surface area contributed by atoms with Crippen LogP contribution in [0.5, 0.6) is 0 Å². The first-order valence-corrected chi connectivity index (χ1v) is 9.82. The van der Waals surface area contributed by atoms with Gasteiger partial charge >= 0.3 is 0 Å². The number of morpholine rings is 1. The summed E-state index contributed by atoms with van der Waals surface area (Å²) in [5, 5.41) is 3.44. The van der Waals surface area contributed by atoms with Crippen molar-refractivity contribution in [2.75, 3.05) is 32.8 Å². The van der Waals surface area contributed by atoms with E-state index in [4.69, 9.17) is 9.15 Å². The molecule has 26 heavy (non-hydrogen) atoms. The fourth-order valence-corrected chi connectivity index (χ4v) is 3.54. The number of hydrogen-bond acceptors (Lipinski definition) is 5. The molecule has 1 aliphatic rings. The lowest BCUT2D eigenvalue weighted by atomic mass is 10.0. The van der Waals surface area contributed by atoms with Gasteiger partial charge in [-0.05, 0) is 17.7 Å². The van der Waals surface area contributed by atoms with Crippen molar-refractivity contribution in [1.82, 2.24) is 10.2 Å². The number of ether oxygens (including phenoxy) is 1. The highest BCUT2D eigenvalue weighted by Gasteiger charge is 2.22. The van der Waals surface area contributed by atoms with Crippen LogP contribution in [0.25, 0.3) is 0 Å². The quantitative estimate of drug-likeness (QED) is 0.712. The van der Waals surface area contributed by atoms with E-state index >= 15 is 0 Å². The molecule has 1 unspecified atom stereocenters. The molecular weight excluding hydrogens is 358 g/mol. The fraction of sp³-hybridized carbons (Fsp3) is 0.474. The molecule has 0 aliphatic carbocycles. The number of furan rings is 1. The molecule has 0 bridgehead atoms. The van der Waals surface area contributed by atoms with Crippen LogP contribution in [0.3, 0.4) is 0 Å². The van der Waals surface area contributed by atoms with Crippen LogP contribution in [0.1, 0.15) is 23.1 Å². The van der Waals surface area contributed by atoms with E-state index in [2.05, 4.69) is 34.5 Å². The van der Waals surface area contributed by atoms with E-state index in [9.17, 15) is 8.78 Å². The average molecular weight is 382 g/mol. The van der Waals surface area contributed by atoms with Gasteiger partial charge in [-0.15, -0.1) is 0 Å². The Kier molecular flexibility index (Phi) is 7.49. The Bertz CT molecular complexity index is 648. The molecule has 1 fully saturated rings. The van der Waals surface area contributed by atoms with E-state index in [0.717, 1.165) is 38.6 Å². The maximum Gasteiger partial charge on any atom is 0.284 e. The Hall–Kier alpha value is -1.41. The van der Waals surface area contributed by atoms with Crippen molar-refractivity contribution in [2.24, 2.45) is 0 Å². The van der Waals surface area contributed by atoms with Crippen molar-refractivity contribution in [2.45, 2.75) is 24.1 Å². The third-order valence-electron chi connectivity index (χ3n) is 4.38. The van der Waals surface area contributed by atoms with Crippen molar-refractivity contribution in [3.8, 4) is 0 Å². The second kappa shape index (κ2) is 10.1. The number of hydrogen-bond donors (Lipinski definition) is 1. The minimum Gasteiger partial charge on any atom is -0.464 e. The van der Waals surface area contributed by atoms with Gasteiger partial charge in [-0.25, -0.2) is 0 Å². The molecule has 0 saturated carbocycles. The van der Waals surface area contributed by atoms with Crippen LogP contribution in [-0.2, 0) is 17.0 Å². The zero-order chi connectivity index (χ0) is 18.2. The number of nitrogens with zero attached hydrogens (tertiary/aromatic N) is 1. The first kappa shape index (κ1) is 19.4. The summed E-state index contributed by atoms with van der Waals surface area (Å²) >= 11 is 0.576. The van der Waals surface area contributed by atoms with E-state index in [-0.39, 0.29) is 11.8 Å². The molecule has 0 spiro atoms. The van der Waals surface area contributed by atoms with Crippen molar-refractivity contribution >= 4 is 11.8 Å². The molecule has 2 heterocycles. The van der Waals surface area contributed by atoms with E-state index in [1.165, 1.54) is 5.56 Å². The maximum atomic E-state index is 12.3. The summed E-state index contributed by atoms with van der Waals surface area (Å²) in [6.45, 7) is 4.70. The molecule has 1 saturated heterocycles. The first-order valence-electron chi connectivity index (χ1n) is 8.77. The van der Waals surface area contributed by atoms with Gasteiger partial charge in [-0.2, -0.15) is 8.78 Å². The predicted octanol–water partition coefficient (Wildman–Crippen LogP) is 3.90. The molecule has 7 heteroatoms. The molecule has 0 amide bonds. The summed E-state index contributed by atoms with van der Waals surface area (Å²) < 4.78 is 35.6. The SMILES string of the molecule is FC(F)SCc1ccc(CNCC(c2ccccc2)N2CCOCC2)o1. The van der Waals surface area contributed by atoms with Crippen LogP contribution in [0.15, 0.2) is 46.9 Å². The van der Waals surface area contributed by atoms with E-state index < -0.39 is 5.76 Å². The lowest BCUT2D eigenvalue weighted by Crippen LogP contribution is -2.42. The molecular formula is C19H24F2N2O2S. The molecule has 0 radical (unpaired) electrons. The van der Waals surface area contributed by atoms with E-state index in [1.54, 1.807) is 6.07 Å². The standard InChI is InChI=1S/C19H24F2N2O2S/c20-19(21)26-14-17-7-6-16(25-17)12-22-13-18(15-4-2-1-3-5-15)23-8-10-24-11-9-23/h1-7,18-19,22H,8-14H2. The molecule has 1 atom stereocenters. The van der Waals surface area contributed by atoms with Gasteiger partial charge in [0.25, 0.3) is 5.76 Å². The highest BCUT2D eigenvalue weighted by atomic mass is 32.2. The molecule has 142 valence electrons. The Labute approximate surface area is 156 Å². The maximum absolute atomic E-state index is 12.3. The summed E-state index contributed by atoms with van der Waals surface area (Å²) in [5.74, 6) is -0.830. The lowest BCUT2D eigenvalue weighted by Gasteiger charge is -2.35. The molecule has 1 aromatic carbocycles. The van der Waals surface area contributed by atoms with E-state index in [1.807, 2.05) is 12.1 Å². The van der Waals surface area contributed by atoms with Crippen molar-refractivity contribution < 1.29 is 17.9 Å². The number of thioether (sulfide) groups is 1. The number of nitrogens with one attached hydrogen (secondary N) is 1. The van der Waals surface area contributed by atoms with Gasteiger partial charge in [0, 0.05) is 25.7 Å². The van der Waals surface area contributed by atoms with Crippen LogP contribution in [0.2, 0.25) is 0 Å². The second-order valence-electron chi connectivity index (χ2n) is 6.15. The summed E-state index contributed by atoms with van der Waals surface area (Å²) in [7, 11) is 0. The third-order valence-corrected chi connectivity index (χ3v) is 5.08. The van der Waals surface area contributed by atoms with Crippen LogP contribution in [0.4, 0.5) is 8.78 Å². The van der Waals surface area contributed by atoms with Gasteiger partial charge in [-0.3, -0.25) is 4.90 Å². The van der Waals surface area contributed by atoms with Crippen molar-refractivity contribution in [1.29, 1.82) is 0 Å². The number of rotatable bonds is 9. The largest absolute Gasteiger partial charge is 0.464 e. The minimum absolute atomic E-state index is 0.193. The average Bonchev–Trinajstić information content (AvgIpc) is 3.13. The highest BCUT2D eigenvalue weighted by molar-refractivity contribution is 7.98. The Morgan fingerprint density at radius 3 is 2.50 bits per heavy atom. The first-order chi connectivity index (χ1) is 12.7. The van der Waals surface area contributed by atoms with Crippen LogP contribution < -0.4 is 5.32 Å². The van der Waals surface area contributed by atoms with Gasteiger partial charge in [0.2, 0.25) is 0 Å². The molecule has 1 N–H and O–H groups in total. The Morgan fingerprint density at radius 2 is 1.77 bits per heavy atom. The van der Waals surface area contributed by atoms with Crippen molar-refractivity contribution in [3.05, 3.63) is 59.5 Å². The summed E-state index contributed by atoms with van der Waals surface area (Å²) in [6, 6.07) is 14.3. The normalized spacial score (nSPS) is 16.9. The van der Waals surface area contributed by atoms with Gasteiger partial charge in [0.15, 0.2) is 0 Å². The van der Waals surface area contributed by atoms with Crippen molar-refractivity contribution in [3.63, 3.8) is 0 Å². The summed E-state index contributed by atoms with van der Waals surface area (Å²) in [4.78, 5) is 2.43. The van der Waals surface area contributed by atoms with Crippen LogP contribution in [0, 0.1) is 0 Å². The molecule has 2 aromatic rings. The summed E-state index contributed by atoms with van der Waals surface area (Å²) in [5.41, 5.74) is 1.27. The number of alkyl halides is 2. The molecule has 3 rings (SSSR count). The number of benzene rings is 1. The fourth-order valence-electron chi connectivity index (χ4n) is 3.09. The third kappa shape index (κ3) is 5.81. The Morgan fingerprint density at radius 1 is 1.04 bits per heavy atom. The smallest absolute Gasteiger partial charge is 0.284 e. The minimum atomic E-state index is -2.37. The monoisotopic (exact) mass is 382 g/mol. The molecule has 4 nitrogen and oxygen atoms in total. The highest BCUT2D eigenvalue weighted by Crippen LogP contribution is 2.23. The molecule has 1 aromatic heterocycles. The predicted molar refractivity (Wildman–Crippen MR) is 99.3 cm³/mol. The lowest BCUT2D eigenvalue weighted by molar-refractivity contribution is 0.0160. The zero-order valence-corrected chi connectivity index (χ0v) is 15.4. The van der Waals surface area contributed by atoms with Crippen LogP contribution in [-0.4, -0.2) is 43.5 Å². The zero-order valence-electron chi connectivity index (χ0n) is 14.6. The van der Waals surface area contributed by atoms with Gasteiger partial charge in [0.05, 0.1) is 25.5 Å². The van der Waals surface area contributed by atoms with Gasteiger partial charge in [0.1, 0.15) is 11.5 Å². The summed E-state index contributed by atoms with van der Waals surface area (Å²) in [6.07, 6.45) is 0.